The van der Waals surface area contributed by atoms with Crippen molar-refractivity contribution in [2.75, 3.05) is 0 Å². The van der Waals surface area contributed by atoms with Crippen LogP contribution in [-0.2, 0) is 23.2 Å². The van der Waals surface area contributed by atoms with Gasteiger partial charge in [-0.05, 0) is 0 Å². The van der Waals surface area contributed by atoms with Crippen molar-refractivity contribution >= 4 is 16.1 Å². The number of allylic oxidation sites excluding steroid dienone is 8. The second-order valence-electron chi connectivity index (χ2n) is 10.9. The van der Waals surface area contributed by atoms with Crippen LogP contribution >= 0.6 is 0 Å². The molecule has 2 aliphatic rings. The van der Waals surface area contributed by atoms with E-state index >= 15 is 0 Å². The fraction of sp³-hybridized carbons (Fsp3) is 0.636. The zero-order chi connectivity index (χ0) is 19.3. The van der Waals surface area contributed by atoms with Crippen LogP contribution in [0.2, 0.25) is 36.3 Å². The topological polar surface area (TPSA) is 0 Å². The predicted octanol–water partition coefficient (Wildman–Crippen LogP) is 7.59. The molecule has 0 aromatic heterocycles. The molecule has 0 amide bonds. The van der Waals surface area contributed by atoms with E-state index in [9.17, 15) is 0 Å². The summed E-state index contributed by atoms with van der Waals surface area (Å²) in [5.74, 6) is 0. The SMILES string of the molecule is CC(C)(C)[Si](C)(C)C1=[C]([Zr][C]2=C([Si](C)(C)C(C)(C)C)C=CC2)CC=C1. The summed E-state index contributed by atoms with van der Waals surface area (Å²) in [6.45, 7) is 25.1. The van der Waals surface area contributed by atoms with Crippen LogP contribution in [0, 0.1) is 0 Å². The third kappa shape index (κ3) is 4.09. The number of hydrogen-bond donors (Lipinski definition) is 0. The van der Waals surface area contributed by atoms with E-state index in [-0.39, 0.29) is 0 Å². The molecule has 0 atom stereocenters. The Bertz CT molecular complexity index is 601. The van der Waals surface area contributed by atoms with Crippen molar-refractivity contribution in [1.82, 2.24) is 0 Å². The van der Waals surface area contributed by atoms with Gasteiger partial charge in [0.2, 0.25) is 0 Å². The van der Waals surface area contributed by atoms with Crippen LogP contribution in [-0.4, -0.2) is 16.1 Å². The van der Waals surface area contributed by atoms with Crippen LogP contribution in [0.25, 0.3) is 0 Å². The summed E-state index contributed by atoms with van der Waals surface area (Å²) in [7, 11) is -2.82. The Hall–Kier alpha value is 0.277. The molecule has 138 valence electrons. The summed E-state index contributed by atoms with van der Waals surface area (Å²) in [4.78, 5) is 0. The van der Waals surface area contributed by atoms with Crippen molar-refractivity contribution in [3.05, 3.63) is 41.3 Å². The quantitative estimate of drug-likeness (QED) is 0.388. The Morgan fingerprint density at radius 2 is 1.00 bits per heavy atom. The molecule has 0 unspecified atom stereocenters. The van der Waals surface area contributed by atoms with Crippen LogP contribution in [0.5, 0.6) is 0 Å². The van der Waals surface area contributed by atoms with E-state index in [1.54, 1.807) is 10.4 Å². The first-order valence-corrected chi connectivity index (χ1v) is 18.2. The average molecular weight is 450 g/mol. The van der Waals surface area contributed by atoms with Crippen molar-refractivity contribution in [3.63, 3.8) is 0 Å². The molecule has 0 spiro atoms. The van der Waals surface area contributed by atoms with Gasteiger partial charge < -0.3 is 0 Å². The summed E-state index contributed by atoms with van der Waals surface area (Å²) < 4.78 is 3.79. The van der Waals surface area contributed by atoms with Gasteiger partial charge in [-0.25, -0.2) is 0 Å². The predicted molar refractivity (Wildman–Crippen MR) is 116 cm³/mol. The van der Waals surface area contributed by atoms with E-state index in [0.717, 1.165) is 0 Å². The molecule has 0 heterocycles. The maximum absolute atomic E-state index is 2.59. The van der Waals surface area contributed by atoms with Gasteiger partial charge in [0.1, 0.15) is 0 Å². The molecule has 0 radical (unpaired) electrons. The zero-order valence-electron chi connectivity index (χ0n) is 18.2. The minimum atomic E-state index is -1.41. The van der Waals surface area contributed by atoms with Gasteiger partial charge in [0.25, 0.3) is 0 Å². The van der Waals surface area contributed by atoms with E-state index in [2.05, 4.69) is 92.0 Å². The van der Waals surface area contributed by atoms with Crippen LogP contribution in [0.3, 0.4) is 0 Å². The molecule has 0 aromatic rings. The first kappa shape index (κ1) is 21.6. The molecule has 25 heavy (non-hydrogen) atoms. The molecular weight excluding hydrogens is 412 g/mol. The third-order valence-corrected chi connectivity index (χ3v) is 23.4. The van der Waals surface area contributed by atoms with Gasteiger partial charge in [0.15, 0.2) is 0 Å². The summed E-state index contributed by atoms with van der Waals surface area (Å²) in [6, 6.07) is 0. The van der Waals surface area contributed by atoms with Crippen molar-refractivity contribution in [1.29, 1.82) is 0 Å². The molecule has 0 bridgehead atoms. The van der Waals surface area contributed by atoms with Crippen molar-refractivity contribution in [2.24, 2.45) is 0 Å². The third-order valence-electron chi connectivity index (χ3n) is 7.26. The molecular formula is C22H38Si2Zr. The summed E-state index contributed by atoms with van der Waals surface area (Å²) in [5.41, 5.74) is 0. The first-order chi connectivity index (χ1) is 11.2. The Kier molecular flexibility index (Phi) is 6.06. The van der Waals surface area contributed by atoms with Gasteiger partial charge in [0, 0.05) is 0 Å². The molecule has 3 heteroatoms. The average Bonchev–Trinajstić information content (AvgIpc) is 3.05. The van der Waals surface area contributed by atoms with E-state index in [1.165, 1.54) is 12.8 Å². The van der Waals surface area contributed by atoms with E-state index in [4.69, 9.17) is 0 Å². The summed E-state index contributed by atoms with van der Waals surface area (Å²) in [5, 5.41) is 4.49. The standard InChI is InChI=1S/2C11H19Si.Zr/c2*1-11(2,3)12(4,5)10-8-6-7-9-10;/h2*6,8H,7H2,1-5H3;. The molecule has 0 saturated heterocycles. The molecule has 0 saturated carbocycles. The zero-order valence-corrected chi connectivity index (χ0v) is 22.7. The minimum absolute atomic E-state index is 0.437. The van der Waals surface area contributed by atoms with Crippen molar-refractivity contribution < 1.29 is 23.2 Å². The number of rotatable bonds is 4. The summed E-state index contributed by atoms with van der Waals surface area (Å²) >= 11 is -0.642. The Morgan fingerprint density at radius 3 is 1.28 bits per heavy atom. The fourth-order valence-electron chi connectivity index (χ4n) is 3.41. The second kappa shape index (κ2) is 7.02. The molecule has 2 aliphatic carbocycles. The van der Waals surface area contributed by atoms with Gasteiger partial charge >= 0.3 is 171 Å². The Morgan fingerprint density at radius 1 is 0.680 bits per heavy atom. The van der Waals surface area contributed by atoms with Gasteiger partial charge in [-0.2, -0.15) is 0 Å². The molecule has 0 aliphatic heterocycles. The maximum atomic E-state index is 2.59. The van der Waals surface area contributed by atoms with Gasteiger partial charge in [-0.1, -0.05) is 0 Å². The van der Waals surface area contributed by atoms with Crippen LogP contribution in [0.15, 0.2) is 41.3 Å². The Balaban J connectivity index is 2.42. The molecule has 0 nitrogen and oxygen atoms in total. The van der Waals surface area contributed by atoms with Gasteiger partial charge in [0.05, 0.1) is 0 Å². The van der Waals surface area contributed by atoms with Crippen LogP contribution < -0.4 is 0 Å². The van der Waals surface area contributed by atoms with E-state index in [0.29, 0.717) is 10.1 Å². The monoisotopic (exact) mass is 448 g/mol. The summed E-state index contributed by atoms with van der Waals surface area (Å²) in [6.07, 6.45) is 12.5. The van der Waals surface area contributed by atoms with Crippen molar-refractivity contribution in [2.45, 2.75) is 90.6 Å². The molecule has 0 aromatic carbocycles. The van der Waals surface area contributed by atoms with Gasteiger partial charge in [-0.15, -0.1) is 0 Å². The Labute approximate surface area is 170 Å². The van der Waals surface area contributed by atoms with Gasteiger partial charge in [-0.3, -0.25) is 0 Å². The van der Waals surface area contributed by atoms with Crippen molar-refractivity contribution in [3.8, 4) is 0 Å². The van der Waals surface area contributed by atoms with Crippen LogP contribution in [0.4, 0.5) is 0 Å². The molecule has 0 fully saturated rings. The fourth-order valence-corrected chi connectivity index (χ4v) is 16.2. The van der Waals surface area contributed by atoms with E-state index in [1.807, 2.05) is 6.56 Å². The normalized spacial score (nSPS) is 19.4. The number of hydrogen-bond acceptors (Lipinski definition) is 0. The molecule has 0 N–H and O–H groups in total. The van der Waals surface area contributed by atoms with E-state index < -0.39 is 39.4 Å². The molecule has 2 rings (SSSR count). The first-order valence-electron chi connectivity index (χ1n) is 9.77. The second-order valence-corrected chi connectivity index (χ2v) is 25.0. The van der Waals surface area contributed by atoms with Crippen LogP contribution in [0.1, 0.15) is 54.4 Å².